The van der Waals surface area contributed by atoms with Gasteiger partial charge in [-0.3, -0.25) is 9.59 Å². The summed E-state index contributed by atoms with van der Waals surface area (Å²) in [6, 6.07) is 0. The first-order chi connectivity index (χ1) is 5.99. The fraction of sp³-hybridized carbons (Fsp3) is 0.750. The van der Waals surface area contributed by atoms with Crippen LogP contribution in [0.2, 0.25) is 0 Å². The second kappa shape index (κ2) is 3.33. The zero-order valence-electron chi connectivity index (χ0n) is 7.75. The van der Waals surface area contributed by atoms with Gasteiger partial charge in [0.25, 0.3) is 0 Å². The van der Waals surface area contributed by atoms with Crippen molar-refractivity contribution in [2.75, 3.05) is 13.1 Å². The topological polar surface area (TPSA) is 89.4 Å². The van der Waals surface area contributed by atoms with Crippen LogP contribution in [0.4, 0.5) is 0 Å². The highest BCUT2D eigenvalue weighted by molar-refractivity contribution is 5.91. The quantitative estimate of drug-likeness (QED) is 0.577. The number of amides is 2. The lowest BCUT2D eigenvalue weighted by molar-refractivity contribution is -0.136. The Kier molecular flexibility index (Phi) is 2.56. The minimum Gasteiger partial charge on any atom is -0.368 e. The van der Waals surface area contributed by atoms with Crippen molar-refractivity contribution >= 4 is 11.8 Å². The molecule has 1 rings (SSSR count). The maximum absolute atomic E-state index is 11.6. The zero-order valence-corrected chi connectivity index (χ0v) is 7.75. The van der Waals surface area contributed by atoms with E-state index in [1.165, 1.54) is 4.90 Å². The second-order valence-corrected chi connectivity index (χ2v) is 3.44. The Bertz CT molecular complexity index is 236. The summed E-state index contributed by atoms with van der Waals surface area (Å²) >= 11 is 0. The number of nitrogens with zero attached hydrogens (tertiary/aromatic N) is 1. The Morgan fingerprint density at radius 3 is 2.31 bits per heavy atom. The molecule has 2 amide bonds. The maximum Gasteiger partial charge on any atom is 0.243 e. The standard InChI is InChI=1S/C8H15N3O2/c1-2-11(5-6(9)12)7(13)8(10)3-4-8/h2-5,10H2,1H3,(H2,9,12). The molecule has 0 aromatic heterocycles. The Hall–Kier alpha value is -1.10. The molecule has 0 atom stereocenters. The van der Waals surface area contributed by atoms with E-state index in [-0.39, 0.29) is 12.5 Å². The predicted molar refractivity (Wildman–Crippen MR) is 47.6 cm³/mol. The second-order valence-electron chi connectivity index (χ2n) is 3.44. The van der Waals surface area contributed by atoms with Crippen LogP contribution in [-0.4, -0.2) is 35.3 Å². The van der Waals surface area contributed by atoms with Gasteiger partial charge in [0, 0.05) is 6.54 Å². The van der Waals surface area contributed by atoms with Crippen LogP contribution in [0.1, 0.15) is 19.8 Å². The fourth-order valence-corrected chi connectivity index (χ4v) is 1.18. The maximum atomic E-state index is 11.6. The number of primary amides is 1. The number of carbonyl (C=O) groups is 2. The zero-order chi connectivity index (χ0) is 10.1. The van der Waals surface area contributed by atoms with E-state index in [9.17, 15) is 9.59 Å². The molecule has 0 aliphatic heterocycles. The molecule has 0 saturated heterocycles. The average molecular weight is 185 g/mol. The molecule has 74 valence electrons. The minimum absolute atomic E-state index is 0.0334. The Labute approximate surface area is 77.1 Å². The van der Waals surface area contributed by atoms with Crippen LogP contribution in [-0.2, 0) is 9.59 Å². The van der Waals surface area contributed by atoms with Gasteiger partial charge in [0.15, 0.2) is 0 Å². The third-order valence-corrected chi connectivity index (χ3v) is 2.23. The van der Waals surface area contributed by atoms with Gasteiger partial charge in [-0.25, -0.2) is 0 Å². The van der Waals surface area contributed by atoms with Gasteiger partial charge in [-0.1, -0.05) is 0 Å². The molecule has 0 aromatic rings. The Morgan fingerprint density at radius 2 is 2.00 bits per heavy atom. The lowest BCUT2D eigenvalue weighted by Gasteiger charge is -2.22. The van der Waals surface area contributed by atoms with E-state index in [1.807, 2.05) is 0 Å². The summed E-state index contributed by atoms with van der Waals surface area (Å²) in [6.45, 7) is 2.24. The van der Waals surface area contributed by atoms with Gasteiger partial charge in [-0.05, 0) is 19.8 Å². The van der Waals surface area contributed by atoms with E-state index in [4.69, 9.17) is 11.5 Å². The molecule has 5 heteroatoms. The van der Waals surface area contributed by atoms with E-state index in [2.05, 4.69) is 0 Å². The summed E-state index contributed by atoms with van der Waals surface area (Å²) in [4.78, 5) is 23.6. The van der Waals surface area contributed by atoms with Crippen molar-refractivity contribution in [1.82, 2.24) is 4.90 Å². The van der Waals surface area contributed by atoms with Gasteiger partial charge in [-0.15, -0.1) is 0 Å². The molecule has 1 saturated carbocycles. The van der Waals surface area contributed by atoms with Crippen molar-refractivity contribution in [2.45, 2.75) is 25.3 Å². The molecule has 1 fully saturated rings. The summed E-state index contributed by atoms with van der Waals surface area (Å²) in [5, 5.41) is 0. The molecule has 0 radical (unpaired) electrons. The van der Waals surface area contributed by atoms with E-state index in [0.717, 1.165) is 0 Å². The largest absolute Gasteiger partial charge is 0.368 e. The van der Waals surface area contributed by atoms with Crippen LogP contribution < -0.4 is 11.5 Å². The van der Waals surface area contributed by atoms with Crippen molar-refractivity contribution in [1.29, 1.82) is 0 Å². The molecule has 13 heavy (non-hydrogen) atoms. The van der Waals surface area contributed by atoms with Crippen molar-refractivity contribution < 1.29 is 9.59 Å². The molecule has 1 aliphatic rings. The van der Waals surface area contributed by atoms with E-state index < -0.39 is 11.4 Å². The molecule has 0 spiro atoms. The van der Waals surface area contributed by atoms with Crippen molar-refractivity contribution in [3.05, 3.63) is 0 Å². The Morgan fingerprint density at radius 1 is 1.46 bits per heavy atom. The fourth-order valence-electron chi connectivity index (χ4n) is 1.18. The monoisotopic (exact) mass is 185 g/mol. The van der Waals surface area contributed by atoms with Crippen LogP contribution in [0.15, 0.2) is 0 Å². The first kappa shape index (κ1) is 9.98. The van der Waals surface area contributed by atoms with E-state index in [1.54, 1.807) is 6.92 Å². The molecule has 0 bridgehead atoms. The lowest BCUT2D eigenvalue weighted by Crippen LogP contribution is -2.48. The summed E-state index contributed by atoms with van der Waals surface area (Å²) in [7, 11) is 0. The molecule has 1 aliphatic carbocycles. The molecule has 5 nitrogen and oxygen atoms in total. The highest BCUT2D eigenvalue weighted by atomic mass is 16.2. The number of carbonyl (C=O) groups excluding carboxylic acids is 2. The highest BCUT2D eigenvalue weighted by Crippen LogP contribution is 2.33. The van der Waals surface area contributed by atoms with Crippen molar-refractivity contribution in [3.63, 3.8) is 0 Å². The third-order valence-electron chi connectivity index (χ3n) is 2.23. The summed E-state index contributed by atoms with van der Waals surface area (Å²) in [5.41, 5.74) is 9.99. The average Bonchev–Trinajstić information content (AvgIpc) is 2.79. The van der Waals surface area contributed by atoms with Gasteiger partial charge in [0.1, 0.15) is 0 Å². The van der Waals surface area contributed by atoms with Crippen molar-refractivity contribution in [3.8, 4) is 0 Å². The molecule has 0 heterocycles. The van der Waals surface area contributed by atoms with Gasteiger partial charge in [0.2, 0.25) is 11.8 Å². The van der Waals surface area contributed by atoms with Crippen LogP contribution >= 0.6 is 0 Å². The van der Waals surface area contributed by atoms with Crippen LogP contribution in [0.3, 0.4) is 0 Å². The number of rotatable bonds is 4. The van der Waals surface area contributed by atoms with Crippen LogP contribution in [0.25, 0.3) is 0 Å². The number of hydrogen-bond donors (Lipinski definition) is 2. The normalized spacial score (nSPS) is 18.0. The molecule has 4 N–H and O–H groups in total. The summed E-state index contributed by atoms with van der Waals surface area (Å²) in [6.07, 6.45) is 1.42. The number of nitrogens with two attached hydrogens (primary N) is 2. The van der Waals surface area contributed by atoms with Gasteiger partial charge in [-0.2, -0.15) is 0 Å². The number of likely N-dealkylation sites (N-methyl/N-ethyl adjacent to an activating group) is 1. The van der Waals surface area contributed by atoms with Gasteiger partial charge < -0.3 is 16.4 Å². The van der Waals surface area contributed by atoms with Crippen LogP contribution in [0.5, 0.6) is 0 Å². The van der Waals surface area contributed by atoms with Gasteiger partial charge >= 0.3 is 0 Å². The van der Waals surface area contributed by atoms with E-state index >= 15 is 0 Å². The number of hydrogen-bond acceptors (Lipinski definition) is 3. The molecule has 0 unspecified atom stereocenters. The third kappa shape index (κ3) is 2.18. The predicted octanol–water partition coefficient (Wildman–Crippen LogP) is -1.19. The summed E-state index contributed by atoms with van der Waals surface area (Å²) < 4.78 is 0. The first-order valence-corrected chi connectivity index (χ1v) is 4.36. The molecular weight excluding hydrogens is 170 g/mol. The molecule has 0 aromatic carbocycles. The van der Waals surface area contributed by atoms with Crippen LogP contribution in [0, 0.1) is 0 Å². The van der Waals surface area contributed by atoms with Gasteiger partial charge in [0.05, 0.1) is 12.1 Å². The Balaban J connectivity index is 2.55. The highest BCUT2D eigenvalue weighted by Gasteiger charge is 2.47. The minimum atomic E-state index is -0.703. The van der Waals surface area contributed by atoms with Crippen molar-refractivity contribution in [2.24, 2.45) is 11.5 Å². The SMILES string of the molecule is CCN(CC(N)=O)C(=O)C1(N)CC1. The summed E-state index contributed by atoms with van der Waals surface area (Å²) in [5.74, 6) is -0.659. The van der Waals surface area contributed by atoms with E-state index in [0.29, 0.717) is 19.4 Å². The first-order valence-electron chi connectivity index (χ1n) is 4.36. The smallest absolute Gasteiger partial charge is 0.243 e. The lowest BCUT2D eigenvalue weighted by atomic mass is 10.2. The molecular formula is C8H15N3O2.